The molecule has 49 heavy (non-hydrogen) atoms. The minimum atomic E-state index is 0.148. The Morgan fingerprint density at radius 3 is 2.39 bits per heavy atom. The lowest BCUT2D eigenvalue weighted by atomic mass is 9.92. The summed E-state index contributed by atoms with van der Waals surface area (Å²) in [7, 11) is 0. The van der Waals surface area contributed by atoms with Gasteiger partial charge in [-0.2, -0.15) is 0 Å². The van der Waals surface area contributed by atoms with Crippen LogP contribution in [0.2, 0.25) is 0 Å². The van der Waals surface area contributed by atoms with Crippen LogP contribution in [0.3, 0.4) is 0 Å². The molecule has 3 aliphatic rings. The maximum Gasteiger partial charge on any atom is 0.0630 e. The quantitative estimate of drug-likeness (QED) is 0.140. The van der Waals surface area contributed by atoms with Crippen LogP contribution < -0.4 is 4.90 Å². The highest BCUT2D eigenvalue weighted by molar-refractivity contribution is 6.16. The fourth-order valence-electron chi connectivity index (χ4n) is 7.97. The van der Waals surface area contributed by atoms with E-state index in [1.54, 1.807) is 0 Å². The molecule has 6 aromatic rings. The van der Waals surface area contributed by atoms with Crippen LogP contribution in [0.5, 0.6) is 0 Å². The molecular formula is C45H38N4. The molecule has 4 nitrogen and oxygen atoms in total. The number of rotatable bonds is 7. The number of hydrogen-bond acceptors (Lipinski definition) is 3. The van der Waals surface area contributed by atoms with Gasteiger partial charge < -0.3 is 14.9 Å². The van der Waals surface area contributed by atoms with Crippen molar-refractivity contribution in [2.45, 2.75) is 32.2 Å². The lowest BCUT2D eigenvalue weighted by Gasteiger charge is -2.29. The highest BCUT2D eigenvalue weighted by atomic mass is 15.2. The summed E-state index contributed by atoms with van der Waals surface area (Å²) in [4.78, 5) is 6.98. The van der Waals surface area contributed by atoms with E-state index in [1.165, 1.54) is 56.1 Å². The molecule has 2 aromatic heterocycles. The average Bonchev–Trinajstić information content (AvgIpc) is 3.79. The predicted molar refractivity (Wildman–Crippen MR) is 208 cm³/mol. The van der Waals surface area contributed by atoms with Crippen molar-refractivity contribution in [1.82, 2.24) is 9.55 Å². The molecule has 0 saturated heterocycles. The fourth-order valence-corrected chi connectivity index (χ4v) is 7.97. The molecule has 1 N–H and O–H groups in total. The average molecular weight is 635 g/mol. The number of nitrogens with one attached hydrogen (secondary N) is 1. The first-order valence-electron chi connectivity index (χ1n) is 17.1. The van der Waals surface area contributed by atoms with Gasteiger partial charge in [-0.1, -0.05) is 124 Å². The van der Waals surface area contributed by atoms with Crippen molar-refractivity contribution in [1.29, 1.82) is 5.41 Å². The normalized spacial score (nSPS) is 16.9. The Morgan fingerprint density at radius 1 is 0.837 bits per heavy atom. The molecule has 0 fully saturated rings. The van der Waals surface area contributed by atoms with Crippen molar-refractivity contribution in [2.24, 2.45) is 0 Å². The number of pyridine rings is 1. The molecule has 3 heterocycles. The van der Waals surface area contributed by atoms with Gasteiger partial charge in [0.1, 0.15) is 0 Å². The molecule has 0 spiro atoms. The number of anilines is 1. The van der Waals surface area contributed by atoms with E-state index in [0.29, 0.717) is 0 Å². The molecule has 4 heteroatoms. The maximum absolute atomic E-state index is 8.17. The third-order valence-electron chi connectivity index (χ3n) is 10.0. The minimum Gasteiger partial charge on any atom is -0.333 e. The Kier molecular flexibility index (Phi) is 7.77. The Labute approximate surface area is 287 Å². The van der Waals surface area contributed by atoms with Crippen LogP contribution in [0.1, 0.15) is 42.1 Å². The van der Waals surface area contributed by atoms with E-state index in [1.807, 2.05) is 44.4 Å². The van der Waals surface area contributed by atoms with E-state index < -0.39 is 0 Å². The monoisotopic (exact) mass is 634 g/mol. The highest BCUT2D eigenvalue weighted by Gasteiger charge is 2.37. The molecule has 2 unspecified atom stereocenters. The summed E-state index contributed by atoms with van der Waals surface area (Å²) >= 11 is 0. The second kappa shape index (κ2) is 12.6. The van der Waals surface area contributed by atoms with Gasteiger partial charge in [-0.05, 0) is 69.3 Å². The first-order chi connectivity index (χ1) is 24.3. The van der Waals surface area contributed by atoms with Crippen molar-refractivity contribution >= 4 is 45.9 Å². The first kappa shape index (κ1) is 30.3. The van der Waals surface area contributed by atoms with Crippen LogP contribution in [0.4, 0.5) is 5.69 Å². The SMILES string of the molecule is C=Cc1c(C=N)c2ccccc2n1/C=C/C(=C\Cc1ccc2c3c(cccc13)-c1ccccc1-2)N1c2ccncc2C2C=CC=CC21.CC. The molecule has 4 aromatic carbocycles. The summed E-state index contributed by atoms with van der Waals surface area (Å²) in [5.74, 6) is 0.233. The summed E-state index contributed by atoms with van der Waals surface area (Å²) in [5.41, 5.74) is 12.9. The first-order valence-corrected chi connectivity index (χ1v) is 17.1. The van der Waals surface area contributed by atoms with E-state index in [0.717, 1.165) is 34.3 Å². The number of nitrogens with zero attached hydrogens (tertiary/aromatic N) is 3. The van der Waals surface area contributed by atoms with Gasteiger partial charge in [0.15, 0.2) is 0 Å². The second-order valence-corrected chi connectivity index (χ2v) is 12.3. The third kappa shape index (κ3) is 4.75. The molecule has 0 saturated carbocycles. The number of aromatic nitrogens is 2. The van der Waals surface area contributed by atoms with Crippen LogP contribution in [-0.4, -0.2) is 21.8 Å². The predicted octanol–water partition coefficient (Wildman–Crippen LogP) is 11.2. The zero-order chi connectivity index (χ0) is 33.5. The lowest BCUT2D eigenvalue weighted by Crippen LogP contribution is -2.31. The topological polar surface area (TPSA) is 44.9 Å². The zero-order valence-electron chi connectivity index (χ0n) is 27.8. The van der Waals surface area contributed by atoms with E-state index in [2.05, 4.69) is 136 Å². The van der Waals surface area contributed by atoms with Crippen molar-refractivity contribution in [3.63, 3.8) is 0 Å². The van der Waals surface area contributed by atoms with Gasteiger partial charge in [-0.15, -0.1) is 0 Å². The fraction of sp³-hybridized carbons (Fsp3) is 0.111. The summed E-state index contributed by atoms with van der Waals surface area (Å²) < 4.78 is 2.16. The molecule has 9 rings (SSSR count). The standard InChI is InChI=1S/C43H32N4.C2H6/c1-2-39-37(26-44)33-12-5-7-16-40(33)46(39)25-23-29(47-41-17-8-6-13-34(41)38-27-45-24-22-42(38)47)20-18-28-19-21-36-32-11-4-3-10-31(32)35-15-9-14-30(28)43(35)36;1-2/h2-17,19-27,34,41,44H,1,18H2;1-2H3/b25-23+,29-20+,44-26?;. The Balaban J connectivity index is 0.00000171. The molecule has 0 amide bonds. The van der Waals surface area contributed by atoms with Crippen LogP contribution >= 0.6 is 0 Å². The van der Waals surface area contributed by atoms with Crippen LogP contribution in [0.25, 0.3) is 56.2 Å². The van der Waals surface area contributed by atoms with Crippen LogP contribution in [-0.2, 0) is 6.42 Å². The second-order valence-electron chi connectivity index (χ2n) is 12.3. The van der Waals surface area contributed by atoms with Gasteiger partial charge in [0.2, 0.25) is 0 Å². The number of benzene rings is 4. The maximum atomic E-state index is 8.17. The van der Waals surface area contributed by atoms with Crippen molar-refractivity contribution in [3.8, 4) is 22.3 Å². The Bertz CT molecular complexity index is 2370. The van der Waals surface area contributed by atoms with Crippen LogP contribution in [0, 0.1) is 5.41 Å². The van der Waals surface area contributed by atoms with Gasteiger partial charge in [0.05, 0.1) is 17.3 Å². The molecule has 2 aliphatic carbocycles. The Morgan fingerprint density at radius 2 is 1.57 bits per heavy atom. The summed E-state index contributed by atoms with van der Waals surface area (Å²) in [5, 5.41) is 11.9. The Hall–Kier alpha value is -6.00. The van der Waals surface area contributed by atoms with Crippen molar-refractivity contribution in [2.75, 3.05) is 4.90 Å². The molecule has 1 aliphatic heterocycles. The summed E-state index contributed by atoms with van der Waals surface area (Å²) in [6, 6.07) is 30.6. The smallest absolute Gasteiger partial charge is 0.0630 e. The van der Waals surface area contributed by atoms with Gasteiger partial charge in [-0.3, -0.25) is 4.98 Å². The van der Waals surface area contributed by atoms with Gasteiger partial charge in [0, 0.05) is 58.6 Å². The highest BCUT2D eigenvalue weighted by Crippen LogP contribution is 2.48. The number of allylic oxidation sites excluding steroid dienone is 4. The van der Waals surface area contributed by atoms with Gasteiger partial charge in [-0.25, -0.2) is 0 Å². The lowest BCUT2D eigenvalue weighted by molar-refractivity contribution is 0.727. The third-order valence-corrected chi connectivity index (χ3v) is 10.0. The number of fused-ring (bicyclic) bond motifs is 7. The molecule has 0 bridgehead atoms. The van der Waals surface area contributed by atoms with E-state index in [-0.39, 0.29) is 12.0 Å². The van der Waals surface area contributed by atoms with Crippen LogP contribution in [0.15, 0.2) is 146 Å². The van der Waals surface area contributed by atoms with Crippen molar-refractivity contribution < 1.29 is 0 Å². The minimum absolute atomic E-state index is 0.148. The van der Waals surface area contributed by atoms with E-state index >= 15 is 0 Å². The van der Waals surface area contributed by atoms with Gasteiger partial charge in [0.25, 0.3) is 0 Å². The molecule has 0 radical (unpaired) electrons. The zero-order valence-corrected chi connectivity index (χ0v) is 27.8. The molecule has 2 atom stereocenters. The number of hydrogen-bond donors (Lipinski definition) is 1. The molecular weight excluding hydrogens is 597 g/mol. The summed E-state index contributed by atoms with van der Waals surface area (Å²) in [6.07, 6.45) is 23.6. The van der Waals surface area contributed by atoms with E-state index in [9.17, 15) is 0 Å². The van der Waals surface area contributed by atoms with Gasteiger partial charge >= 0.3 is 0 Å². The molecule has 238 valence electrons. The summed E-state index contributed by atoms with van der Waals surface area (Å²) in [6.45, 7) is 8.12. The van der Waals surface area contributed by atoms with E-state index in [4.69, 9.17) is 5.41 Å². The van der Waals surface area contributed by atoms with Crippen molar-refractivity contribution in [3.05, 3.63) is 168 Å². The largest absolute Gasteiger partial charge is 0.333 e. The number of para-hydroxylation sites is 1.